The number of carbonyl (C=O) groups excluding carboxylic acids is 3. The van der Waals surface area contributed by atoms with Crippen LogP contribution in [0.4, 0.5) is 20.2 Å². The van der Waals surface area contributed by atoms with Crippen LogP contribution in [-0.4, -0.2) is 76.1 Å². The van der Waals surface area contributed by atoms with E-state index in [1.807, 2.05) is 24.3 Å². The van der Waals surface area contributed by atoms with Crippen LogP contribution < -0.4 is 26.4 Å². The van der Waals surface area contributed by atoms with Gasteiger partial charge in [-0.3, -0.25) is 9.59 Å². The predicted molar refractivity (Wildman–Crippen MR) is 205 cm³/mol. The van der Waals surface area contributed by atoms with E-state index >= 15 is 8.78 Å². The van der Waals surface area contributed by atoms with E-state index in [2.05, 4.69) is 10.2 Å². The van der Waals surface area contributed by atoms with Crippen molar-refractivity contribution in [2.45, 2.75) is 57.3 Å². The van der Waals surface area contributed by atoms with E-state index in [0.29, 0.717) is 77.7 Å². The molecule has 3 aromatic carbocycles. The Labute approximate surface area is 310 Å². The van der Waals surface area contributed by atoms with Crippen molar-refractivity contribution in [3.05, 3.63) is 82.4 Å². The lowest BCUT2D eigenvalue weighted by atomic mass is 9.88. The van der Waals surface area contributed by atoms with Crippen LogP contribution >= 0.6 is 0 Å². The van der Waals surface area contributed by atoms with Gasteiger partial charge in [-0.1, -0.05) is 24.3 Å². The molecule has 0 spiro atoms. The molecule has 282 valence electrons. The maximum Gasteiger partial charge on any atom is 0.227 e. The molecule has 2 amide bonds. The molecule has 5 rings (SSSR count). The van der Waals surface area contributed by atoms with Gasteiger partial charge >= 0.3 is 0 Å². The highest BCUT2D eigenvalue weighted by atomic mass is 19.1. The Morgan fingerprint density at radius 1 is 1.08 bits per heavy atom. The Bertz CT molecular complexity index is 1860. The first kappa shape index (κ1) is 39.1. The van der Waals surface area contributed by atoms with E-state index in [0.717, 1.165) is 43.7 Å². The van der Waals surface area contributed by atoms with Crippen LogP contribution in [0.5, 0.6) is 5.75 Å². The second kappa shape index (κ2) is 18.1. The number of hydrogen-bond donors (Lipinski definition) is 4. The Kier molecular flexibility index (Phi) is 13.4. The minimum absolute atomic E-state index is 0.0771. The first-order chi connectivity index (χ1) is 25.6. The standard InChI is InChI=1S/C41H50F2N6O4/c1-47-41(52)30(6-4-20-50)28-10-12-36(35(42)22-28)48-18-14-26(15-19-48)7-8-27-9-11-31(37(21-27)53-2)33-23-32(39(43)40(46)34(33)24-45)29-5-3-17-49(25-29)38(51)13-16-44/h5,9-12,20-24,26,30,45H,3-4,6-8,13-19,25,44,46H2,1-2H3,(H,47,52). The summed E-state index contributed by atoms with van der Waals surface area (Å²) in [4.78, 5) is 39.6. The number of likely N-dealkylation sites (N-methyl/N-ethyl adjacent to an activating group) is 1. The molecule has 0 bridgehead atoms. The quantitative estimate of drug-likeness (QED) is 0.0871. The number of rotatable bonds is 15. The molecule has 0 saturated carbocycles. The summed E-state index contributed by atoms with van der Waals surface area (Å²) in [6.07, 6.45) is 8.66. The topological polar surface area (TPSA) is 155 Å². The molecule has 1 atom stereocenters. The minimum Gasteiger partial charge on any atom is -0.496 e. The van der Waals surface area contributed by atoms with Crippen LogP contribution in [-0.2, 0) is 20.8 Å². The number of nitrogens with one attached hydrogen (secondary N) is 2. The molecule has 12 heteroatoms. The number of ether oxygens (including phenoxy) is 1. The molecule has 1 saturated heterocycles. The van der Waals surface area contributed by atoms with Gasteiger partial charge in [-0.25, -0.2) is 8.78 Å². The zero-order chi connectivity index (χ0) is 38.1. The SMILES string of the molecule is CNC(=O)C(CCC=O)c1ccc(N2CCC(CCc3ccc(-c4cc(C5=CCCN(C(=O)CCN)C5)c(F)c(N)c4C=N)c(OC)c3)CC2)c(F)c1. The van der Waals surface area contributed by atoms with Crippen molar-refractivity contribution < 1.29 is 27.9 Å². The first-order valence-corrected chi connectivity index (χ1v) is 18.3. The number of nitrogens with two attached hydrogens (primary N) is 2. The molecule has 0 aliphatic carbocycles. The third-order valence-corrected chi connectivity index (χ3v) is 10.6. The van der Waals surface area contributed by atoms with E-state index in [9.17, 15) is 14.4 Å². The van der Waals surface area contributed by atoms with Gasteiger partial charge in [0.2, 0.25) is 11.8 Å². The van der Waals surface area contributed by atoms with Crippen LogP contribution in [0.2, 0.25) is 0 Å². The second-order valence-corrected chi connectivity index (χ2v) is 13.8. The minimum atomic E-state index is -0.617. The molecular weight excluding hydrogens is 678 g/mol. The fourth-order valence-corrected chi connectivity index (χ4v) is 7.54. The molecule has 0 radical (unpaired) electrons. The van der Waals surface area contributed by atoms with Crippen molar-refractivity contribution in [3.63, 3.8) is 0 Å². The fourth-order valence-electron chi connectivity index (χ4n) is 7.54. The Morgan fingerprint density at radius 3 is 2.51 bits per heavy atom. The number of carbonyl (C=O) groups is 3. The van der Waals surface area contributed by atoms with E-state index in [4.69, 9.17) is 21.6 Å². The molecule has 10 nitrogen and oxygen atoms in total. The van der Waals surface area contributed by atoms with E-state index < -0.39 is 11.7 Å². The normalized spacial score (nSPS) is 15.5. The van der Waals surface area contributed by atoms with Crippen LogP contribution in [0.25, 0.3) is 16.7 Å². The van der Waals surface area contributed by atoms with Gasteiger partial charge in [-0.05, 0) is 91.0 Å². The lowest BCUT2D eigenvalue weighted by molar-refractivity contribution is -0.130. The molecule has 53 heavy (non-hydrogen) atoms. The fraction of sp³-hybridized carbons (Fsp3) is 0.415. The summed E-state index contributed by atoms with van der Waals surface area (Å²) < 4.78 is 36.9. The number of benzene rings is 3. The van der Waals surface area contributed by atoms with Crippen LogP contribution in [0, 0.1) is 23.0 Å². The number of piperidine rings is 1. The zero-order valence-corrected chi connectivity index (χ0v) is 30.6. The summed E-state index contributed by atoms with van der Waals surface area (Å²) in [6, 6.07) is 12.6. The second-order valence-electron chi connectivity index (χ2n) is 13.8. The summed E-state index contributed by atoms with van der Waals surface area (Å²) in [6.45, 7) is 2.46. The van der Waals surface area contributed by atoms with Gasteiger partial charge in [0.25, 0.3) is 0 Å². The number of hydrogen-bond acceptors (Lipinski definition) is 8. The van der Waals surface area contributed by atoms with Crippen molar-refractivity contribution in [2.75, 3.05) is 57.5 Å². The molecule has 1 unspecified atom stereocenters. The molecular formula is C41H50F2N6O4. The summed E-state index contributed by atoms with van der Waals surface area (Å²) >= 11 is 0. The summed E-state index contributed by atoms with van der Waals surface area (Å²) in [5, 5.41) is 10.7. The van der Waals surface area contributed by atoms with Crippen LogP contribution in [0.15, 0.2) is 48.5 Å². The largest absolute Gasteiger partial charge is 0.496 e. The number of amides is 2. The molecule has 1 fully saturated rings. The van der Waals surface area contributed by atoms with Crippen molar-refractivity contribution in [3.8, 4) is 16.9 Å². The molecule has 3 aromatic rings. The Morgan fingerprint density at radius 2 is 1.85 bits per heavy atom. The lowest BCUT2D eigenvalue weighted by Crippen LogP contribution is -2.36. The molecule has 2 heterocycles. The van der Waals surface area contributed by atoms with E-state index in [1.54, 1.807) is 30.2 Å². The summed E-state index contributed by atoms with van der Waals surface area (Å²) in [5.74, 6) is -0.856. The van der Waals surface area contributed by atoms with E-state index in [-0.39, 0.29) is 54.8 Å². The predicted octanol–water partition coefficient (Wildman–Crippen LogP) is 5.84. The summed E-state index contributed by atoms with van der Waals surface area (Å²) in [5.41, 5.74) is 16.4. The van der Waals surface area contributed by atoms with Crippen molar-refractivity contribution >= 4 is 41.3 Å². The molecule has 2 aliphatic heterocycles. The highest BCUT2D eigenvalue weighted by Crippen LogP contribution is 2.40. The lowest BCUT2D eigenvalue weighted by Gasteiger charge is -2.34. The van der Waals surface area contributed by atoms with Gasteiger partial charge in [-0.2, -0.15) is 0 Å². The average Bonchev–Trinajstić information content (AvgIpc) is 3.18. The highest BCUT2D eigenvalue weighted by Gasteiger charge is 2.27. The number of aldehydes is 1. The van der Waals surface area contributed by atoms with Crippen LogP contribution in [0.3, 0.4) is 0 Å². The molecule has 6 N–H and O–H groups in total. The number of aryl methyl sites for hydroxylation is 1. The number of anilines is 2. The number of nitrogens with zero attached hydrogens (tertiary/aromatic N) is 2. The third-order valence-electron chi connectivity index (χ3n) is 10.6. The van der Waals surface area contributed by atoms with Gasteiger partial charge in [-0.15, -0.1) is 0 Å². The number of halogens is 2. The Balaban J connectivity index is 1.26. The molecule has 2 aliphatic rings. The third kappa shape index (κ3) is 8.93. The average molecular weight is 729 g/mol. The number of methoxy groups -OCH3 is 1. The van der Waals surface area contributed by atoms with Gasteiger partial charge < -0.3 is 41.5 Å². The molecule has 0 aromatic heterocycles. The van der Waals surface area contributed by atoms with Gasteiger partial charge in [0.1, 0.15) is 17.9 Å². The number of nitrogen functional groups attached to an aromatic ring is 1. The van der Waals surface area contributed by atoms with Crippen molar-refractivity contribution in [1.29, 1.82) is 5.41 Å². The maximum absolute atomic E-state index is 15.7. The maximum atomic E-state index is 15.7. The highest BCUT2D eigenvalue weighted by molar-refractivity contribution is 5.98. The zero-order valence-electron chi connectivity index (χ0n) is 30.6. The van der Waals surface area contributed by atoms with Crippen molar-refractivity contribution in [2.24, 2.45) is 11.7 Å². The monoisotopic (exact) mass is 728 g/mol. The van der Waals surface area contributed by atoms with Crippen molar-refractivity contribution in [1.82, 2.24) is 10.2 Å². The van der Waals surface area contributed by atoms with E-state index in [1.165, 1.54) is 13.1 Å². The van der Waals surface area contributed by atoms with Gasteiger partial charge in [0.15, 0.2) is 5.82 Å². The first-order valence-electron chi connectivity index (χ1n) is 18.3. The van der Waals surface area contributed by atoms with Crippen LogP contribution in [0.1, 0.15) is 73.1 Å². The smallest absolute Gasteiger partial charge is 0.227 e. The van der Waals surface area contributed by atoms with Gasteiger partial charge in [0, 0.05) is 75.5 Å². The Hall–Kier alpha value is -5.10. The summed E-state index contributed by atoms with van der Waals surface area (Å²) in [7, 11) is 3.11. The van der Waals surface area contributed by atoms with Gasteiger partial charge in [0.05, 0.1) is 24.4 Å².